The van der Waals surface area contributed by atoms with Gasteiger partial charge in [0.1, 0.15) is 0 Å². The van der Waals surface area contributed by atoms with Crippen LogP contribution in [0.2, 0.25) is 0 Å². The van der Waals surface area contributed by atoms with E-state index in [1.807, 2.05) is 42.9 Å². The maximum atomic E-state index is 12.1. The molecular formula is C17H18N4O2S. The van der Waals surface area contributed by atoms with Crippen LogP contribution in [0.3, 0.4) is 0 Å². The molecule has 0 saturated carbocycles. The predicted molar refractivity (Wildman–Crippen MR) is 94.2 cm³/mol. The van der Waals surface area contributed by atoms with Gasteiger partial charge < -0.3 is 4.52 Å². The van der Waals surface area contributed by atoms with Crippen LogP contribution in [0.15, 0.2) is 53.3 Å². The van der Waals surface area contributed by atoms with Gasteiger partial charge in [0.15, 0.2) is 0 Å². The van der Waals surface area contributed by atoms with Gasteiger partial charge in [-0.25, -0.2) is 4.68 Å². The molecule has 2 heterocycles. The van der Waals surface area contributed by atoms with Crippen LogP contribution in [0.4, 0.5) is 5.88 Å². The highest BCUT2D eigenvalue weighted by Gasteiger charge is 2.15. The van der Waals surface area contributed by atoms with Gasteiger partial charge in [0.25, 0.3) is 0 Å². The van der Waals surface area contributed by atoms with E-state index in [0.29, 0.717) is 5.88 Å². The minimum Gasteiger partial charge on any atom is -0.338 e. The van der Waals surface area contributed by atoms with Gasteiger partial charge in [0.05, 0.1) is 16.6 Å². The summed E-state index contributed by atoms with van der Waals surface area (Å²) in [5.41, 5.74) is 2.91. The summed E-state index contributed by atoms with van der Waals surface area (Å²) in [6.07, 6.45) is 3.65. The number of carbonyl (C=O) groups is 1. The van der Waals surface area contributed by atoms with Gasteiger partial charge in [-0.3, -0.25) is 10.1 Å². The highest BCUT2D eigenvalue weighted by atomic mass is 32.2. The molecule has 0 saturated heterocycles. The number of thioether (sulfide) groups is 1. The summed E-state index contributed by atoms with van der Waals surface area (Å²) in [4.78, 5) is 12.1. The molecule has 1 N–H and O–H groups in total. The van der Waals surface area contributed by atoms with Crippen molar-refractivity contribution in [2.45, 2.75) is 24.9 Å². The van der Waals surface area contributed by atoms with Crippen molar-refractivity contribution in [1.82, 2.24) is 14.9 Å². The van der Waals surface area contributed by atoms with E-state index in [-0.39, 0.29) is 11.2 Å². The molecule has 0 bridgehead atoms. The van der Waals surface area contributed by atoms with E-state index < -0.39 is 0 Å². The Labute approximate surface area is 144 Å². The van der Waals surface area contributed by atoms with Crippen molar-refractivity contribution < 1.29 is 9.32 Å². The smallest absolute Gasteiger partial charge is 0.239 e. The van der Waals surface area contributed by atoms with Gasteiger partial charge in [-0.2, -0.15) is 5.10 Å². The number of aromatic nitrogens is 3. The van der Waals surface area contributed by atoms with Crippen molar-refractivity contribution >= 4 is 23.6 Å². The molecule has 3 rings (SSSR count). The van der Waals surface area contributed by atoms with E-state index in [1.54, 1.807) is 24.0 Å². The number of anilines is 1. The molecule has 0 fully saturated rings. The lowest BCUT2D eigenvalue weighted by Crippen LogP contribution is -2.22. The number of benzene rings is 1. The highest BCUT2D eigenvalue weighted by molar-refractivity contribution is 7.99. The number of aryl methyl sites for hydroxylation is 1. The zero-order valence-electron chi connectivity index (χ0n) is 13.5. The summed E-state index contributed by atoms with van der Waals surface area (Å²) in [7, 11) is 0. The molecule has 1 amide bonds. The van der Waals surface area contributed by atoms with Gasteiger partial charge in [0.2, 0.25) is 11.8 Å². The Morgan fingerprint density at radius 2 is 2.17 bits per heavy atom. The van der Waals surface area contributed by atoms with E-state index in [4.69, 9.17) is 4.52 Å². The third-order valence-electron chi connectivity index (χ3n) is 3.45. The van der Waals surface area contributed by atoms with Crippen molar-refractivity contribution in [3.63, 3.8) is 0 Å². The van der Waals surface area contributed by atoms with Gasteiger partial charge in [-0.1, -0.05) is 17.3 Å². The second kappa shape index (κ2) is 7.35. The fourth-order valence-electron chi connectivity index (χ4n) is 2.11. The van der Waals surface area contributed by atoms with Crippen LogP contribution in [-0.4, -0.2) is 26.1 Å². The lowest BCUT2D eigenvalue weighted by Gasteiger charge is -2.10. The summed E-state index contributed by atoms with van der Waals surface area (Å²) in [5.74, 6) is 1.04. The Hall–Kier alpha value is -2.54. The molecule has 0 aliphatic rings. The first-order chi connectivity index (χ1) is 11.6. The number of carbonyl (C=O) groups excluding carboxylic acids is 1. The van der Waals surface area contributed by atoms with Crippen LogP contribution in [0, 0.1) is 6.92 Å². The quantitative estimate of drug-likeness (QED) is 0.743. The van der Waals surface area contributed by atoms with E-state index in [0.717, 1.165) is 22.7 Å². The van der Waals surface area contributed by atoms with Crippen LogP contribution in [0.1, 0.15) is 18.2 Å². The van der Waals surface area contributed by atoms with Gasteiger partial charge >= 0.3 is 0 Å². The second-order valence-corrected chi connectivity index (χ2v) is 6.72. The van der Waals surface area contributed by atoms with Gasteiger partial charge in [-0.15, -0.1) is 11.8 Å². The molecule has 124 valence electrons. The second-order valence-electron chi connectivity index (χ2n) is 5.39. The van der Waals surface area contributed by atoms with Crippen LogP contribution < -0.4 is 5.32 Å². The molecule has 0 aliphatic carbocycles. The Kier molecular flexibility index (Phi) is 5.00. The van der Waals surface area contributed by atoms with Crippen molar-refractivity contribution in [3.8, 4) is 5.69 Å². The third kappa shape index (κ3) is 4.05. The molecule has 0 spiro atoms. The van der Waals surface area contributed by atoms with Crippen LogP contribution in [-0.2, 0) is 10.5 Å². The van der Waals surface area contributed by atoms with E-state index in [9.17, 15) is 4.79 Å². The molecule has 2 aromatic heterocycles. The van der Waals surface area contributed by atoms with Gasteiger partial charge in [0, 0.05) is 24.2 Å². The number of nitrogens with one attached hydrogen (secondary N) is 1. The summed E-state index contributed by atoms with van der Waals surface area (Å²) in [6, 6.07) is 11.7. The molecule has 1 atom stereocenters. The summed E-state index contributed by atoms with van der Waals surface area (Å²) >= 11 is 1.57. The van der Waals surface area contributed by atoms with Crippen molar-refractivity contribution in [2.24, 2.45) is 0 Å². The minimum absolute atomic E-state index is 0.0932. The number of amides is 1. The monoisotopic (exact) mass is 342 g/mol. The fraction of sp³-hybridized carbons (Fsp3) is 0.235. The van der Waals surface area contributed by atoms with Crippen LogP contribution >= 0.6 is 11.8 Å². The van der Waals surface area contributed by atoms with Crippen LogP contribution in [0.25, 0.3) is 5.69 Å². The van der Waals surface area contributed by atoms with Crippen molar-refractivity contribution in [1.29, 1.82) is 0 Å². The minimum atomic E-state index is -0.193. The molecule has 0 radical (unpaired) electrons. The largest absolute Gasteiger partial charge is 0.338 e. The van der Waals surface area contributed by atoms with Crippen molar-refractivity contribution in [3.05, 3.63) is 60.0 Å². The van der Waals surface area contributed by atoms with Crippen molar-refractivity contribution in [2.75, 3.05) is 5.32 Å². The Morgan fingerprint density at radius 1 is 1.38 bits per heavy atom. The standard InChI is InChI=1S/C17H18N4O2S/c1-12-10-16(23-20-12)19-17(22)13(2)24-11-14-4-6-15(7-5-14)21-9-3-8-18-21/h3-10,13H,11H2,1-2H3,(H,19,22)/t13-/m1/s1. The number of hydrogen-bond donors (Lipinski definition) is 1. The molecule has 0 aliphatic heterocycles. The maximum absolute atomic E-state index is 12.1. The van der Waals surface area contributed by atoms with Crippen LogP contribution in [0.5, 0.6) is 0 Å². The topological polar surface area (TPSA) is 73.0 Å². The lowest BCUT2D eigenvalue weighted by atomic mass is 10.2. The zero-order valence-corrected chi connectivity index (χ0v) is 14.3. The Balaban J connectivity index is 1.52. The molecule has 1 aromatic carbocycles. The molecule has 0 unspecified atom stereocenters. The zero-order chi connectivity index (χ0) is 16.9. The van der Waals surface area contributed by atoms with E-state index in [2.05, 4.69) is 27.7 Å². The van der Waals surface area contributed by atoms with Gasteiger partial charge in [-0.05, 0) is 37.6 Å². The Bertz CT molecular complexity index is 796. The highest BCUT2D eigenvalue weighted by Crippen LogP contribution is 2.20. The Morgan fingerprint density at radius 3 is 2.79 bits per heavy atom. The molecule has 7 heteroatoms. The normalized spacial score (nSPS) is 12.1. The first-order valence-electron chi connectivity index (χ1n) is 7.56. The molecule has 24 heavy (non-hydrogen) atoms. The molecule has 6 nitrogen and oxygen atoms in total. The average molecular weight is 342 g/mol. The maximum Gasteiger partial charge on any atom is 0.239 e. The van der Waals surface area contributed by atoms with E-state index >= 15 is 0 Å². The molecular weight excluding hydrogens is 324 g/mol. The fourth-order valence-corrected chi connectivity index (χ4v) is 2.95. The molecule has 3 aromatic rings. The SMILES string of the molecule is Cc1cc(NC(=O)[C@@H](C)SCc2ccc(-n3cccn3)cc2)on1. The number of hydrogen-bond acceptors (Lipinski definition) is 5. The number of rotatable bonds is 6. The third-order valence-corrected chi connectivity index (χ3v) is 4.66. The predicted octanol–water partition coefficient (Wildman–Crippen LogP) is 3.43. The van der Waals surface area contributed by atoms with E-state index in [1.165, 1.54) is 0 Å². The first kappa shape index (κ1) is 16.3. The number of nitrogens with zero attached hydrogens (tertiary/aromatic N) is 3. The summed E-state index contributed by atoms with van der Waals surface area (Å²) in [6.45, 7) is 3.69. The summed E-state index contributed by atoms with van der Waals surface area (Å²) in [5, 5.41) is 10.5. The summed E-state index contributed by atoms with van der Waals surface area (Å²) < 4.78 is 6.81. The lowest BCUT2D eigenvalue weighted by molar-refractivity contribution is -0.115. The average Bonchev–Trinajstić information content (AvgIpc) is 3.25. The first-order valence-corrected chi connectivity index (χ1v) is 8.61.